The van der Waals surface area contributed by atoms with Crippen LogP contribution >= 0.6 is 0 Å². The van der Waals surface area contributed by atoms with Gasteiger partial charge in [0.2, 0.25) is 12.7 Å². The van der Waals surface area contributed by atoms with Gasteiger partial charge in [0.1, 0.15) is 36.6 Å². The largest absolute Gasteiger partial charge is 0.493 e. The lowest BCUT2D eigenvalue weighted by atomic mass is 10.0. The lowest BCUT2D eigenvalue weighted by Gasteiger charge is -2.23. The van der Waals surface area contributed by atoms with Gasteiger partial charge in [-0.05, 0) is 43.7 Å². The highest BCUT2D eigenvalue weighted by Gasteiger charge is 2.23. The first kappa shape index (κ1) is 23.5. The van der Waals surface area contributed by atoms with E-state index in [2.05, 4.69) is 16.6 Å². The van der Waals surface area contributed by atoms with Crippen LogP contribution in [-0.2, 0) is 11.2 Å². The summed E-state index contributed by atoms with van der Waals surface area (Å²) in [6.07, 6.45) is 6.23. The van der Waals surface area contributed by atoms with E-state index in [4.69, 9.17) is 30.1 Å². The Hall–Kier alpha value is -3.61. The van der Waals surface area contributed by atoms with Gasteiger partial charge in [0.15, 0.2) is 11.5 Å². The molecule has 2 aromatic carbocycles. The van der Waals surface area contributed by atoms with Crippen LogP contribution < -0.4 is 34.3 Å². The van der Waals surface area contributed by atoms with Gasteiger partial charge in [-0.25, -0.2) is 0 Å². The number of carbonyl (C=O) groups excluding carboxylic acids is 1. The van der Waals surface area contributed by atoms with Crippen LogP contribution in [0.5, 0.6) is 28.7 Å². The SMILES string of the molecule is C#CCOc1ccc(OCC(O)CNCCCOc2ccc3c(c2)OCO3)c2c1NC(=O)CC2. The van der Waals surface area contributed by atoms with Crippen molar-refractivity contribution < 1.29 is 33.6 Å². The van der Waals surface area contributed by atoms with Gasteiger partial charge >= 0.3 is 0 Å². The maximum absolute atomic E-state index is 11.8. The maximum atomic E-state index is 11.8. The summed E-state index contributed by atoms with van der Waals surface area (Å²) in [6, 6.07) is 8.97. The van der Waals surface area contributed by atoms with Crippen LogP contribution in [0.1, 0.15) is 18.4 Å². The van der Waals surface area contributed by atoms with Crippen molar-refractivity contribution in [2.24, 2.45) is 0 Å². The lowest BCUT2D eigenvalue weighted by Crippen LogP contribution is -2.32. The number of anilines is 1. The minimum absolute atomic E-state index is 0.0815. The Bertz CT molecular complexity index is 1050. The number of hydrogen-bond acceptors (Lipinski definition) is 8. The van der Waals surface area contributed by atoms with E-state index in [0.717, 1.165) is 23.5 Å². The average molecular weight is 469 g/mol. The van der Waals surface area contributed by atoms with Crippen molar-refractivity contribution in [1.29, 1.82) is 0 Å². The van der Waals surface area contributed by atoms with Gasteiger partial charge in [0, 0.05) is 24.6 Å². The van der Waals surface area contributed by atoms with Gasteiger partial charge in [-0.15, -0.1) is 6.42 Å². The summed E-state index contributed by atoms with van der Waals surface area (Å²) in [6.45, 7) is 2.06. The fourth-order valence-electron chi connectivity index (χ4n) is 3.68. The van der Waals surface area contributed by atoms with Crippen molar-refractivity contribution in [3.05, 3.63) is 35.9 Å². The summed E-state index contributed by atoms with van der Waals surface area (Å²) in [5.74, 6) is 5.60. The number of ether oxygens (including phenoxy) is 5. The molecule has 0 saturated heterocycles. The summed E-state index contributed by atoms with van der Waals surface area (Å²) in [5, 5.41) is 16.3. The smallest absolute Gasteiger partial charge is 0.231 e. The van der Waals surface area contributed by atoms with Crippen LogP contribution in [0.3, 0.4) is 0 Å². The minimum Gasteiger partial charge on any atom is -0.493 e. The van der Waals surface area contributed by atoms with Crippen LogP contribution in [0.25, 0.3) is 0 Å². The Kier molecular flexibility index (Phi) is 7.96. The van der Waals surface area contributed by atoms with E-state index in [1.807, 2.05) is 18.2 Å². The van der Waals surface area contributed by atoms with E-state index in [0.29, 0.717) is 55.5 Å². The van der Waals surface area contributed by atoms with Crippen LogP contribution in [0.2, 0.25) is 0 Å². The zero-order chi connectivity index (χ0) is 23.8. The Morgan fingerprint density at radius 2 is 1.97 bits per heavy atom. The molecule has 1 atom stereocenters. The Morgan fingerprint density at radius 1 is 1.12 bits per heavy atom. The molecule has 2 heterocycles. The molecule has 4 rings (SSSR count). The molecule has 9 nitrogen and oxygen atoms in total. The van der Waals surface area contributed by atoms with Gasteiger partial charge in [-0.3, -0.25) is 4.79 Å². The fraction of sp³-hybridized carbons (Fsp3) is 0.400. The van der Waals surface area contributed by atoms with E-state index in [1.54, 1.807) is 12.1 Å². The number of rotatable bonds is 12. The highest BCUT2D eigenvalue weighted by atomic mass is 16.7. The number of hydrogen-bond donors (Lipinski definition) is 3. The van der Waals surface area contributed by atoms with E-state index in [1.165, 1.54) is 0 Å². The molecular formula is C25H28N2O7. The first-order chi connectivity index (χ1) is 16.6. The van der Waals surface area contributed by atoms with Gasteiger partial charge < -0.3 is 39.4 Å². The van der Waals surface area contributed by atoms with E-state index in [9.17, 15) is 9.90 Å². The first-order valence-electron chi connectivity index (χ1n) is 11.2. The van der Waals surface area contributed by atoms with Gasteiger partial charge in [-0.1, -0.05) is 5.92 Å². The quantitative estimate of drug-likeness (QED) is 0.321. The minimum atomic E-state index is -0.694. The molecule has 1 unspecified atom stereocenters. The summed E-state index contributed by atoms with van der Waals surface area (Å²) in [4.78, 5) is 11.8. The molecule has 1 amide bonds. The van der Waals surface area contributed by atoms with Crippen molar-refractivity contribution in [3.63, 3.8) is 0 Å². The standard InChI is InChI=1S/C25H28N2O7/c1-2-11-31-22-8-7-20(19-5-9-24(29)27-25(19)22)32-15-17(28)14-26-10-3-12-30-18-4-6-21-23(13-18)34-16-33-21/h1,4,6-8,13,17,26,28H,3,5,9-12,14-16H2,(H,27,29). The van der Waals surface area contributed by atoms with Crippen LogP contribution in [0.15, 0.2) is 30.3 Å². The number of aliphatic hydroxyl groups is 1. The third-order valence-electron chi connectivity index (χ3n) is 5.33. The molecule has 2 aliphatic rings. The normalized spacial score (nSPS) is 14.5. The number of nitrogens with one attached hydrogen (secondary N) is 2. The van der Waals surface area contributed by atoms with Gasteiger partial charge in [-0.2, -0.15) is 0 Å². The molecule has 0 spiro atoms. The van der Waals surface area contributed by atoms with Crippen molar-refractivity contribution in [2.75, 3.05) is 45.0 Å². The first-order valence-corrected chi connectivity index (χ1v) is 11.2. The number of aliphatic hydroxyl groups excluding tert-OH is 1. The predicted octanol–water partition coefficient (Wildman–Crippen LogP) is 2.11. The van der Waals surface area contributed by atoms with Crippen molar-refractivity contribution >= 4 is 11.6 Å². The number of amides is 1. The Balaban J connectivity index is 1.17. The summed E-state index contributed by atoms with van der Waals surface area (Å²) >= 11 is 0. The van der Waals surface area contributed by atoms with E-state index in [-0.39, 0.29) is 25.9 Å². The molecule has 0 bridgehead atoms. The second kappa shape index (κ2) is 11.5. The van der Waals surface area contributed by atoms with Gasteiger partial charge in [0.05, 0.1) is 12.3 Å². The molecule has 34 heavy (non-hydrogen) atoms. The predicted molar refractivity (Wildman–Crippen MR) is 125 cm³/mol. The fourth-order valence-corrected chi connectivity index (χ4v) is 3.68. The topological polar surface area (TPSA) is 108 Å². The van der Waals surface area contributed by atoms with Gasteiger partial charge in [0.25, 0.3) is 0 Å². The molecule has 0 radical (unpaired) electrons. The summed E-state index contributed by atoms with van der Waals surface area (Å²) in [5.41, 5.74) is 1.43. The van der Waals surface area contributed by atoms with Crippen LogP contribution in [-0.4, -0.2) is 56.8 Å². The van der Waals surface area contributed by atoms with Crippen LogP contribution in [0, 0.1) is 12.3 Å². The summed E-state index contributed by atoms with van der Waals surface area (Å²) < 4.78 is 27.7. The second-order valence-corrected chi connectivity index (χ2v) is 7.84. The second-order valence-electron chi connectivity index (χ2n) is 7.84. The molecule has 0 aromatic heterocycles. The lowest BCUT2D eigenvalue weighted by molar-refractivity contribution is -0.116. The maximum Gasteiger partial charge on any atom is 0.231 e. The van der Waals surface area contributed by atoms with E-state index < -0.39 is 6.10 Å². The number of terminal acetylenes is 1. The van der Waals surface area contributed by atoms with E-state index >= 15 is 0 Å². The molecule has 0 aliphatic carbocycles. The third kappa shape index (κ3) is 6.04. The van der Waals surface area contributed by atoms with Crippen molar-refractivity contribution in [2.45, 2.75) is 25.4 Å². The third-order valence-corrected chi connectivity index (χ3v) is 5.33. The number of fused-ring (bicyclic) bond motifs is 2. The zero-order valence-corrected chi connectivity index (χ0v) is 18.8. The molecule has 0 fully saturated rings. The zero-order valence-electron chi connectivity index (χ0n) is 18.8. The average Bonchev–Trinajstić information content (AvgIpc) is 3.31. The molecule has 2 aliphatic heterocycles. The molecule has 9 heteroatoms. The van der Waals surface area contributed by atoms with Crippen LogP contribution in [0.4, 0.5) is 5.69 Å². The summed E-state index contributed by atoms with van der Waals surface area (Å²) in [7, 11) is 0. The highest BCUT2D eigenvalue weighted by Crippen LogP contribution is 2.39. The number of carbonyl (C=O) groups is 1. The van der Waals surface area contributed by atoms with Crippen molar-refractivity contribution in [1.82, 2.24) is 5.32 Å². The molecule has 180 valence electrons. The molecule has 3 N–H and O–H groups in total. The number of benzene rings is 2. The molecule has 0 saturated carbocycles. The Labute approximate surface area is 198 Å². The molecule has 2 aromatic rings. The monoisotopic (exact) mass is 468 g/mol. The Morgan fingerprint density at radius 3 is 2.85 bits per heavy atom. The van der Waals surface area contributed by atoms with Crippen molar-refractivity contribution in [3.8, 4) is 41.1 Å². The highest BCUT2D eigenvalue weighted by molar-refractivity contribution is 5.96. The molecular weight excluding hydrogens is 440 g/mol.